The summed E-state index contributed by atoms with van der Waals surface area (Å²) in [5, 5.41) is 12.1. The number of benzene rings is 2. The summed E-state index contributed by atoms with van der Waals surface area (Å²) in [6.45, 7) is 2.83. The SMILES string of the molecule is Cc1ccccc1/C=C/C(=O)NC(NC(=S)Nc1cccc2c1NCC2)C(Cl)(Cl)Cl. The molecule has 2 aromatic rings. The number of carbonyl (C=O) groups excluding carboxylic acids is 1. The second-order valence-electron chi connectivity index (χ2n) is 6.79. The molecule has 0 fully saturated rings. The van der Waals surface area contributed by atoms with E-state index >= 15 is 0 Å². The van der Waals surface area contributed by atoms with Crippen molar-refractivity contribution in [2.75, 3.05) is 17.2 Å². The molecule has 1 unspecified atom stereocenters. The van der Waals surface area contributed by atoms with E-state index in [1.807, 2.05) is 43.3 Å². The third-order valence-electron chi connectivity index (χ3n) is 4.59. The summed E-state index contributed by atoms with van der Waals surface area (Å²) >= 11 is 23.5. The summed E-state index contributed by atoms with van der Waals surface area (Å²) in [5.74, 6) is -0.424. The van der Waals surface area contributed by atoms with E-state index in [-0.39, 0.29) is 5.11 Å². The van der Waals surface area contributed by atoms with Crippen molar-refractivity contribution in [3.63, 3.8) is 0 Å². The van der Waals surface area contributed by atoms with E-state index in [0.29, 0.717) is 0 Å². The first-order chi connectivity index (χ1) is 14.2. The van der Waals surface area contributed by atoms with Crippen LogP contribution in [0.2, 0.25) is 0 Å². The average molecular weight is 484 g/mol. The van der Waals surface area contributed by atoms with Gasteiger partial charge in [0.15, 0.2) is 5.11 Å². The first-order valence-corrected chi connectivity index (χ1v) is 10.8. The highest BCUT2D eigenvalue weighted by atomic mass is 35.6. The summed E-state index contributed by atoms with van der Waals surface area (Å²) in [6.07, 6.45) is 3.00. The molecule has 5 nitrogen and oxygen atoms in total. The molecule has 2 aromatic carbocycles. The highest BCUT2D eigenvalue weighted by molar-refractivity contribution is 7.80. The number of hydrogen-bond acceptors (Lipinski definition) is 3. The maximum absolute atomic E-state index is 12.4. The van der Waals surface area contributed by atoms with Gasteiger partial charge in [0.2, 0.25) is 9.70 Å². The van der Waals surface area contributed by atoms with Gasteiger partial charge in [-0.2, -0.15) is 0 Å². The monoisotopic (exact) mass is 482 g/mol. The normalized spacial score (nSPS) is 14.0. The van der Waals surface area contributed by atoms with Crippen LogP contribution >= 0.6 is 47.0 Å². The van der Waals surface area contributed by atoms with E-state index < -0.39 is 15.9 Å². The topological polar surface area (TPSA) is 65.2 Å². The van der Waals surface area contributed by atoms with Crippen LogP contribution in [0.4, 0.5) is 11.4 Å². The minimum absolute atomic E-state index is 0.219. The summed E-state index contributed by atoms with van der Waals surface area (Å²) in [6, 6.07) is 13.6. The van der Waals surface area contributed by atoms with Gasteiger partial charge >= 0.3 is 0 Å². The van der Waals surface area contributed by atoms with Gasteiger partial charge in [0.1, 0.15) is 6.17 Å². The van der Waals surface area contributed by atoms with E-state index in [9.17, 15) is 4.79 Å². The third-order valence-corrected chi connectivity index (χ3v) is 5.46. The Hall–Kier alpha value is -1.99. The Labute approximate surface area is 196 Å². The molecule has 3 rings (SSSR count). The molecule has 1 amide bonds. The third kappa shape index (κ3) is 6.01. The van der Waals surface area contributed by atoms with Gasteiger partial charge in [-0.15, -0.1) is 0 Å². The number of halogens is 3. The smallest absolute Gasteiger partial charge is 0.245 e. The molecule has 0 saturated carbocycles. The Morgan fingerprint density at radius 3 is 2.67 bits per heavy atom. The molecule has 0 saturated heterocycles. The van der Waals surface area contributed by atoms with Gasteiger partial charge < -0.3 is 21.3 Å². The van der Waals surface area contributed by atoms with Gasteiger partial charge in [0.25, 0.3) is 0 Å². The number of hydrogen-bond donors (Lipinski definition) is 4. The number of thiocarbonyl (C=S) groups is 1. The van der Waals surface area contributed by atoms with Crippen LogP contribution in [-0.2, 0) is 11.2 Å². The number of alkyl halides is 3. The zero-order valence-corrected chi connectivity index (χ0v) is 19.2. The fourth-order valence-electron chi connectivity index (χ4n) is 3.06. The van der Waals surface area contributed by atoms with Crippen molar-refractivity contribution < 1.29 is 4.79 Å². The number of anilines is 2. The van der Waals surface area contributed by atoms with E-state index in [1.54, 1.807) is 6.08 Å². The highest BCUT2D eigenvalue weighted by Crippen LogP contribution is 2.31. The zero-order valence-electron chi connectivity index (χ0n) is 16.1. The lowest BCUT2D eigenvalue weighted by atomic mass is 10.1. The molecule has 1 aliphatic heterocycles. The molecule has 1 aliphatic rings. The molecule has 0 bridgehead atoms. The number of aryl methyl sites for hydroxylation is 1. The second kappa shape index (κ2) is 9.88. The van der Waals surface area contributed by atoms with Crippen LogP contribution in [0, 0.1) is 6.92 Å². The number of rotatable bonds is 5. The van der Waals surface area contributed by atoms with Crippen molar-refractivity contribution in [3.05, 3.63) is 65.2 Å². The maximum Gasteiger partial charge on any atom is 0.245 e. The summed E-state index contributed by atoms with van der Waals surface area (Å²) in [7, 11) is 0. The van der Waals surface area contributed by atoms with E-state index in [2.05, 4.69) is 27.3 Å². The van der Waals surface area contributed by atoms with Gasteiger partial charge in [0.05, 0.1) is 11.4 Å². The first kappa shape index (κ1) is 22.7. The van der Waals surface area contributed by atoms with Crippen LogP contribution in [0.3, 0.4) is 0 Å². The maximum atomic E-state index is 12.4. The Bertz CT molecular complexity index is 975. The number of nitrogens with one attached hydrogen (secondary N) is 4. The van der Waals surface area contributed by atoms with Crippen LogP contribution in [0.1, 0.15) is 16.7 Å². The molecule has 158 valence electrons. The van der Waals surface area contributed by atoms with Gasteiger partial charge in [-0.05, 0) is 54.4 Å². The summed E-state index contributed by atoms with van der Waals surface area (Å²) in [4.78, 5) is 12.4. The van der Waals surface area contributed by atoms with Crippen molar-refractivity contribution in [2.45, 2.75) is 23.3 Å². The van der Waals surface area contributed by atoms with Gasteiger partial charge in [0, 0.05) is 12.6 Å². The molecule has 0 spiro atoms. The zero-order chi connectivity index (χ0) is 21.7. The Balaban J connectivity index is 1.65. The predicted octanol–water partition coefficient (Wildman–Crippen LogP) is 4.78. The number of carbonyl (C=O) groups is 1. The Morgan fingerprint density at radius 1 is 1.17 bits per heavy atom. The lowest BCUT2D eigenvalue weighted by Gasteiger charge is -2.27. The van der Waals surface area contributed by atoms with E-state index in [4.69, 9.17) is 47.0 Å². The predicted molar refractivity (Wildman–Crippen MR) is 130 cm³/mol. The summed E-state index contributed by atoms with van der Waals surface area (Å²) < 4.78 is -1.82. The molecule has 0 aromatic heterocycles. The highest BCUT2D eigenvalue weighted by Gasteiger charge is 2.34. The molecule has 30 heavy (non-hydrogen) atoms. The van der Waals surface area contributed by atoms with Crippen LogP contribution < -0.4 is 21.3 Å². The van der Waals surface area contributed by atoms with Crippen molar-refractivity contribution in [1.82, 2.24) is 10.6 Å². The molecule has 1 heterocycles. The first-order valence-electron chi connectivity index (χ1n) is 9.28. The molecule has 9 heteroatoms. The largest absolute Gasteiger partial charge is 0.383 e. The molecule has 0 radical (unpaired) electrons. The van der Waals surface area contributed by atoms with Gasteiger partial charge in [-0.1, -0.05) is 71.2 Å². The lowest BCUT2D eigenvalue weighted by molar-refractivity contribution is -0.117. The number of para-hydroxylation sites is 1. The van der Waals surface area contributed by atoms with Gasteiger partial charge in [-0.25, -0.2) is 0 Å². The van der Waals surface area contributed by atoms with Crippen LogP contribution in [0.25, 0.3) is 6.08 Å². The molecule has 1 atom stereocenters. The number of amides is 1. The minimum Gasteiger partial charge on any atom is -0.383 e. The van der Waals surface area contributed by atoms with E-state index in [1.165, 1.54) is 11.6 Å². The standard InChI is InChI=1S/C21H21Cl3N4OS/c1-13-5-2-3-6-14(13)9-10-17(29)27-19(21(22,23)24)28-20(30)26-16-8-4-7-15-11-12-25-18(15)16/h2-10,19,25H,11-12H2,1H3,(H,27,29)(H2,26,28,30)/b10-9+. The van der Waals surface area contributed by atoms with E-state index in [0.717, 1.165) is 35.5 Å². The molecule has 4 N–H and O–H groups in total. The average Bonchev–Trinajstić information content (AvgIpc) is 3.16. The van der Waals surface area contributed by atoms with Crippen molar-refractivity contribution in [1.29, 1.82) is 0 Å². The van der Waals surface area contributed by atoms with Crippen LogP contribution in [0.15, 0.2) is 48.5 Å². The number of fused-ring (bicyclic) bond motifs is 1. The molecule has 0 aliphatic carbocycles. The molecular weight excluding hydrogens is 463 g/mol. The summed E-state index contributed by atoms with van der Waals surface area (Å²) in [5.41, 5.74) is 4.99. The lowest BCUT2D eigenvalue weighted by Crippen LogP contribution is -2.55. The molecular formula is C21H21Cl3N4OS. The van der Waals surface area contributed by atoms with Crippen LogP contribution in [0.5, 0.6) is 0 Å². The van der Waals surface area contributed by atoms with Crippen molar-refractivity contribution in [2.24, 2.45) is 0 Å². The Kier molecular flexibility index (Phi) is 7.47. The Morgan fingerprint density at radius 2 is 1.93 bits per heavy atom. The fourth-order valence-corrected chi connectivity index (χ4v) is 3.62. The second-order valence-corrected chi connectivity index (χ2v) is 9.57. The van der Waals surface area contributed by atoms with Crippen LogP contribution in [-0.4, -0.2) is 27.5 Å². The minimum atomic E-state index is -1.82. The quantitative estimate of drug-likeness (QED) is 0.213. The van der Waals surface area contributed by atoms with Crippen molar-refractivity contribution >= 4 is 75.5 Å². The van der Waals surface area contributed by atoms with Gasteiger partial charge in [-0.3, -0.25) is 4.79 Å². The van der Waals surface area contributed by atoms with Crippen molar-refractivity contribution in [3.8, 4) is 0 Å². The fraction of sp³-hybridized carbons (Fsp3) is 0.238.